The summed E-state index contributed by atoms with van der Waals surface area (Å²) in [5.74, 6) is -0.851. The van der Waals surface area contributed by atoms with Crippen molar-refractivity contribution in [1.29, 1.82) is 5.26 Å². The smallest absolute Gasteiger partial charge is 0.369 e. The number of nitriles is 1. The second-order valence-electron chi connectivity index (χ2n) is 2.93. The predicted molar refractivity (Wildman–Crippen MR) is 70.2 cm³/mol. The minimum absolute atomic E-state index is 0.210. The van der Waals surface area contributed by atoms with E-state index >= 15 is 0 Å². The lowest BCUT2D eigenvalue weighted by atomic mass is 10.3. The Labute approximate surface area is 118 Å². The summed E-state index contributed by atoms with van der Waals surface area (Å²) >= 11 is 17.4. The van der Waals surface area contributed by atoms with Crippen molar-refractivity contribution >= 4 is 52.2 Å². The van der Waals surface area contributed by atoms with Crippen LogP contribution in [0.5, 0.6) is 0 Å². The summed E-state index contributed by atoms with van der Waals surface area (Å²) in [5.41, 5.74) is 2.41. The van der Waals surface area contributed by atoms with Gasteiger partial charge in [-0.05, 0) is 12.1 Å². The van der Waals surface area contributed by atoms with Crippen LogP contribution in [0.4, 0.5) is 5.69 Å². The first-order valence-electron chi connectivity index (χ1n) is 4.46. The van der Waals surface area contributed by atoms with Crippen molar-refractivity contribution < 1.29 is 9.53 Å². The van der Waals surface area contributed by atoms with E-state index in [0.29, 0.717) is 5.69 Å². The number of halogens is 3. The molecule has 1 rings (SSSR count). The molecular formula is C10H6Cl3N3O2. The van der Waals surface area contributed by atoms with E-state index in [1.54, 1.807) is 6.07 Å². The molecule has 1 aromatic carbocycles. The number of anilines is 1. The summed E-state index contributed by atoms with van der Waals surface area (Å²) < 4.78 is 4.35. The van der Waals surface area contributed by atoms with Gasteiger partial charge >= 0.3 is 5.97 Å². The van der Waals surface area contributed by atoms with Crippen LogP contribution in [0.3, 0.4) is 0 Å². The van der Waals surface area contributed by atoms with Crippen LogP contribution >= 0.6 is 34.8 Å². The van der Waals surface area contributed by atoms with Crippen molar-refractivity contribution in [3.63, 3.8) is 0 Å². The van der Waals surface area contributed by atoms with Gasteiger partial charge in [-0.1, -0.05) is 34.8 Å². The predicted octanol–water partition coefficient (Wildman–Crippen LogP) is 3.11. The molecule has 0 heterocycles. The first-order valence-corrected chi connectivity index (χ1v) is 5.59. The van der Waals surface area contributed by atoms with Gasteiger partial charge in [0.2, 0.25) is 5.71 Å². The zero-order valence-corrected chi connectivity index (χ0v) is 11.3. The van der Waals surface area contributed by atoms with Crippen molar-refractivity contribution in [3.8, 4) is 6.07 Å². The number of methoxy groups -OCH3 is 1. The van der Waals surface area contributed by atoms with Crippen LogP contribution in [0.2, 0.25) is 15.1 Å². The van der Waals surface area contributed by atoms with Gasteiger partial charge in [0, 0.05) is 0 Å². The highest BCUT2D eigenvalue weighted by Crippen LogP contribution is 2.33. The highest BCUT2D eigenvalue weighted by molar-refractivity contribution is 6.48. The van der Waals surface area contributed by atoms with E-state index in [-0.39, 0.29) is 15.1 Å². The van der Waals surface area contributed by atoms with E-state index in [1.165, 1.54) is 12.1 Å². The molecule has 5 nitrogen and oxygen atoms in total. The maximum absolute atomic E-state index is 11.1. The molecule has 18 heavy (non-hydrogen) atoms. The first-order chi connectivity index (χ1) is 8.49. The van der Waals surface area contributed by atoms with E-state index < -0.39 is 11.7 Å². The molecule has 0 bridgehead atoms. The van der Waals surface area contributed by atoms with Gasteiger partial charge in [0.25, 0.3) is 0 Å². The molecule has 0 unspecified atom stereocenters. The maximum atomic E-state index is 11.1. The Morgan fingerprint density at radius 1 is 1.39 bits per heavy atom. The van der Waals surface area contributed by atoms with Crippen LogP contribution in [0.25, 0.3) is 0 Å². The molecule has 0 amide bonds. The van der Waals surface area contributed by atoms with E-state index in [9.17, 15) is 4.79 Å². The molecule has 0 aliphatic carbocycles. The lowest BCUT2D eigenvalue weighted by molar-refractivity contribution is -0.132. The summed E-state index contributed by atoms with van der Waals surface area (Å²) in [6, 6.07) is 4.48. The van der Waals surface area contributed by atoms with Crippen molar-refractivity contribution in [2.24, 2.45) is 5.10 Å². The number of benzene rings is 1. The number of ether oxygens (including phenoxy) is 1. The van der Waals surface area contributed by atoms with Crippen LogP contribution in [0.15, 0.2) is 17.2 Å². The fraction of sp³-hybridized carbons (Fsp3) is 0.100. The molecule has 1 aromatic rings. The van der Waals surface area contributed by atoms with Gasteiger partial charge in [-0.3, -0.25) is 5.43 Å². The van der Waals surface area contributed by atoms with Crippen molar-refractivity contribution in [1.82, 2.24) is 0 Å². The Kier molecular flexibility index (Phi) is 5.23. The quantitative estimate of drug-likeness (QED) is 0.403. The molecule has 0 radical (unpaired) electrons. The fourth-order valence-electron chi connectivity index (χ4n) is 0.953. The topological polar surface area (TPSA) is 74.5 Å². The van der Waals surface area contributed by atoms with Crippen LogP contribution in [-0.2, 0) is 9.53 Å². The zero-order valence-electron chi connectivity index (χ0n) is 9.00. The summed E-state index contributed by atoms with van der Waals surface area (Å²) in [6.45, 7) is 0. The third-order valence-corrected chi connectivity index (χ3v) is 2.96. The molecular weight excluding hydrogens is 300 g/mol. The Morgan fingerprint density at radius 3 is 2.39 bits per heavy atom. The molecule has 0 aliphatic rings. The molecule has 0 spiro atoms. The summed E-state index contributed by atoms with van der Waals surface area (Å²) in [5, 5.41) is 12.9. The largest absolute Gasteiger partial charge is 0.464 e. The number of esters is 1. The van der Waals surface area contributed by atoms with Gasteiger partial charge in [-0.25, -0.2) is 4.79 Å². The monoisotopic (exact) mass is 305 g/mol. The summed E-state index contributed by atoms with van der Waals surface area (Å²) in [6.07, 6.45) is 0. The standard InChI is InChI=1S/C10H6Cl3N3O2/c1-18-10(17)8(4-14)16-15-5-2-6(11)9(13)7(12)3-5/h2-3,15H,1H3/b16-8-. The van der Waals surface area contributed by atoms with Gasteiger partial charge in [0.1, 0.15) is 6.07 Å². The van der Waals surface area contributed by atoms with Crippen LogP contribution in [-0.4, -0.2) is 18.8 Å². The van der Waals surface area contributed by atoms with Gasteiger partial charge in [0.15, 0.2) is 0 Å². The number of carbonyl (C=O) groups excluding carboxylic acids is 1. The third-order valence-electron chi connectivity index (χ3n) is 1.77. The van der Waals surface area contributed by atoms with Crippen LogP contribution in [0, 0.1) is 11.3 Å². The zero-order chi connectivity index (χ0) is 13.7. The maximum Gasteiger partial charge on any atom is 0.369 e. The molecule has 0 aliphatic heterocycles. The van der Waals surface area contributed by atoms with E-state index in [4.69, 9.17) is 40.1 Å². The van der Waals surface area contributed by atoms with Crippen molar-refractivity contribution in [2.45, 2.75) is 0 Å². The van der Waals surface area contributed by atoms with Gasteiger partial charge in [-0.15, -0.1) is 0 Å². The van der Waals surface area contributed by atoms with E-state index in [2.05, 4.69) is 15.3 Å². The second kappa shape index (κ2) is 6.45. The Hall–Kier alpha value is -1.48. The lowest BCUT2D eigenvalue weighted by Gasteiger charge is -2.04. The second-order valence-corrected chi connectivity index (χ2v) is 4.12. The van der Waals surface area contributed by atoms with Crippen LogP contribution < -0.4 is 5.43 Å². The molecule has 94 valence electrons. The molecule has 0 saturated heterocycles. The van der Waals surface area contributed by atoms with Gasteiger partial charge in [0.05, 0.1) is 27.9 Å². The molecule has 0 aromatic heterocycles. The van der Waals surface area contributed by atoms with Crippen LogP contribution in [0.1, 0.15) is 0 Å². The highest BCUT2D eigenvalue weighted by atomic mass is 35.5. The lowest BCUT2D eigenvalue weighted by Crippen LogP contribution is -2.15. The average molecular weight is 307 g/mol. The number of hydrogen-bond donors (Lipinski definition) is 1. The van der Waals surface area contributed by atoms with Crippen molar-refractivity contribution in [3.05, 3.63) is 27.2 Å². The summed E-state index contributed by atoms with van der Waals surface area (Å²) in [7, 11) is 1.14. The third kappa shape index (κ3) is 3.50. The van der Waals surface area contributed by atoms with Gasteiger partial charge in [-0.2, -0.15) is 10.4 Å². The Balaban J connectivity index is 2.96. The number of carbonyl (C=O) groups is 1. The molecule has 0 fully saturated rings. The van der Waals surface area contributed by atoms with Gasteiger partial charge < -0.3 is 4.74 Å². The highest BCUT2D eigenvalue weighted by Gasteiger charge is 2.11. The number of hydrogen-bond acceptors (Lipinski definition) is 5. The Bertz CT molecular complexity index is 529. The first kappa shape index (κ1) is 14.6. The number of nitrogens with zero attached hydrogens (tertiary/aromatic N) is 2. The van der Waals surface area contributed by atoms with E-state index in [0.717, 1.165) is 7.11 Å². The minimum Gasteiger partial charge on any atom is -0.464 e. The number of hydrazone groups is 1. The Morgan fingerprint density at radius 2 is 1.94 bits per heavy atom. The number of rotatable bonds is 3. The molecule has 8 heteroatoms. The average Bonchev–Trinajstić information content (AvgIpc) is 2.36. The summed E-state index contributed by atoms with van der Waals surface area (Å²) in [4.78, 5) is 11.1. The normalized spacial score (nSPS) is 10.7. The molecule has 1 N–H and O–H groups in total. The molecule has 0 atom stereocenters. The number of nitrogens with one attached hydrogen (secondary N) is 1. The minimum atomic E-state index is -0.851. The van der Waals surface area contributed by atoms with E-state index in [1.807, 2.05) is 0 Å². The van der Waals surface area contributed by atoms with Crippen molar-refractivity contribution in [2.75, 3.05) is 12.5 Å². The fourth-order valence-corrected chi connectivity index (χ4v) is 1.55. The SMILES string of the molecule is COC(=O)/C(C#N)=N\Nc1cc(Cl)c(Cl)c(Cl)c1. The molecule has 0 saturated carbocycles.